The van der Waals surface area contributed by atoms with Crippen molar-refractivity contribution in [2.24, 2.45) is 0 Å². The van der Waals surface area contributed by atoms with Crippen LogP contribution in [-0.2, 0) is 22.4 Å². The van der Waals surface area contributed by atoms with Gasteiger partial charge in [0.05, 0.1) is 35.6 Å². The molecule has 8 heterocycles. The van der Waals surface area contributed by atoms with E-state index in [1.807, 2.05) is 148 Å². The molecule has 0 unspecified atom stereocenters. The van der Waals surface area contributed by atoms with E-state index in [-0.39, 0.29) is 12.8 Å². The average Bonchev–Trinajstić information content (AvgIpc) is 3.99. The van der Waals surface area contributed by atoms with Gasteiger partial charge in [0, 0.05) is 81.6 Å². The molecular formula is C52H40N8O4. The highest BCUT2D eigenvalue weighted by Gasteiger charge is 2.15. The number of aliphatic carboxylic acids is 2. The third-order valence-electron chi connectivity index (χ3n) is 10.7. The van der Waals surface area contributed by atoms with Gasteiger partial charge in [-0.3, -0.25) is 29.5 Å². The van der Waals surface area contributed by atoms with Crippen molar-refractivity contribution in [2.45, 2.75) is 26.7 Å². The van der Waals surface area contributed by atoms with E-state index >= 15 is 0 Å². The lowest BCUT2D eigenvalue weighted by atomic mass is 9.98. The van der Waals surface area contributed by atoms with E-state index in [1.54, 1.807) is 6.20 Å². The molecule has 12 heteroatoms. The lowest BCUT2D eigenvalue weighted by Gasteiger charge is -2.10. The summed E-state index contributed by atoms with van der Waals surface area (Å²) in [5.74, 6) is -1.69. The van der Waals surface area contributed by atoms with Crippen LogP contribution in [0.25, 0.3) is 89.4 Å². The Morgan fingerprint density at radius 3 is 1.45 bits per heavy atom. The smallest absolute Gasteiger partial charge is 0.307 e. The van der Waals surface area contributed by atoms with Crippen LogP contribution in [0.3, 0.4) is 0 Å². The van der Waals surface area contributed by atoms with Gasteiger partial charge in [0.2, 0.25) is 0 Å². The zero-order valence-electron chi connectivity index (χ0n) is 34.8. The molecule has 4 N–H and O–H groups in total. The van der Waals surface area contributed by atoms with Crippen molar-refractivity contribution in [1.29, 1.82) is 0 Å². The van der Waals surface area contributed by atoms with Crippen LogP contribution < -0.4 is 0 Å². The molecule has 10 rings (SSSR count). The Hall–Kier alpha value is -8.64. The third kappa shape index (κ3) is 9.02. The molecule has 0 aliphatic heterocycles. The summed E-state index contributed by atoms with van der Waals surface area (Å²) < 4.78 is 0. The lowest BCUT2D eigenvalue weighted by molar-refractivity contribution is -0.137. The number of pyridine rings is 6. The van der Waals surface area contributed by atoms with Crippen molar-refractivity contribution < 1.29 is 19.8 Å². The third-order valence-corrected chi connectivity index (χ3v) is 10.7. The van der Waals surface area contributed by atoms with Gasteiger partial charge in [-0.2, -0.15) is 0 Å². The van der Waals surface area contributed by atoms with E-state index in [0.717, 1.165) is 112 Å². The van der Waals surface area contributed by atoms with Crippen molar-refractivity contribution in [3.63, 3.8) is 0 Å². The van der Waals surface area contributed by atoms with E-state index in [1.165, 1.54) is 0 Å². The van der Waals surface area contributed by atoms with Gasteiger partial charge < -0.3 is 20.2 Å². The highest BCUT2D eigenvalue weighted by atomic mass is 16.4. The van der Waals surface area contributed by atoms with Crippen molar-refractivity contribution in [3.05, 3.63) is 181 Å². The monoisotopic (exact) mass is 840 g/mol. The fourth-order valence-corrected chi connectivity index (χ4v) is 7.70. The van der Waals surface area contributed by atoms with Gasteiger partial charge in [0.15, 0.2) is 0 Å². The standard InChI is InChI=1S/2C26H20N4O2/c1-16-4-2-7-23(29-16)24-13-22(21-8-9-28-26(21)30-24)20-12-19(14-27-15-20)18-6-3-5-17(10-18)11-25(31)32;1-16-3-2-4-23(29-16)24-13-22(21-9-10-28-26(21)30-24)20-12-19(14-27-15-20)18-7-5-17(6-8-18)11-25(31)32/h2*2-10,12-15H,11H2,1H3,(H,28,30)(H,31,32). The zero-order valence-corrected chi connectivity index (χ0v) is 34.8. The molecule has 0 spiro atoms. The van der Waals surface area contributed by atoms with Crippen LogP contribution in [0.4, 0.5) is 0 Å². The maximum atomic E-state index is 11.1. The number of H-pyrrole nitrogens is 2. The molecular weight excluding hydrogens is 801 g/mol. The maximum absolute atomic E-state index is 11.1. The first-order valence-corrected chi connectivity index (χ1v) is 20.5. The molecule has 2 aromatic carbocycles. The summed E-state index contributed by atoms with van der Waals surface area (Å²) in [5.41, 5.74) is 15.9. The summed E-state index contributed by atoms with van der Waals surface area (Å²) in [5, 5.41) is 20.1. The van der Waals surface area contributed by atoms with E-state index < -0.39 is 11.9 Å². The molecule has 0 amide bonds. The maximum Gasteiger partial charge on any atom is 0.307 e. The second-order valence-electron chi connectivity index (χ2n) is 15.4. The average molecular weight is 841 g/mol. The van der Waals surface area contributed by atoms with Gasteiger partial charge in [0.1, 0.15) is 11.3 Å². The molecule has 0 saturated carbocycles. The van der Waals surface area contributed by atoms with Gasteiger partial charge in [-0.25, -0.2) is 9.97 Å². The molecule has 312 valence electrons. The number of benzene rings is 2. The second-order valence-corrected chi connectivity index (χ2v) is 15.4. The fourth-order valence-electron chi connectivity index (χ4n) is 7.70. The number of hydrogen-bond donors (Lipinski definition) is 4. The Bertz CT molecular complexity index is 3340. The number of carboxylic acids is 2. The first-order chi connectivity index (χ1) is 31.1. The van der Waals surface area contributed by atoms with Gasteiger partial charge in [-0.15, -0.1) is 0 Å². The van der Waals surface area contributed by atoms with Crippen LogP contribution in [0.2, 0.25) is 0 Å². The minimum Gasteiger partial charge on any atom is -0.481 e. The second kappa shape index (κ2) is 17.8. The van der Waals surface area contributed by atoms with Crippen molar-refractivity contribution in [2.75, 3.05) is 0 Å². The van der Waals surface area contributed by atoms with E-state index in [0.29, 0.717) is 0 Å². The highest BCUT2D eigenvalue weighted by molar-refractivity contribution is 5.97. The summed E-state index contributed by atoms with van der Waals surface area (Å²) >= 11 is 0. The van der Waals surface area contributed by atoms with Gasteiger partial charge in [-0.05, 0) is 108 Å². The summed E-state index contributed by atoms with van der Waals surface area (Å²) in [7, 11) is 0. The number of hydrogen-bond acceptors (Lipinski definition) is 8. The Kier molecular flexibility index (Phi) is 11.3. The Balaban J connectivity index is 0.000000162. The van der Waals surface area contributed by atoms with Gasteiger partial charge >= 0.3 is 11.9 Å². The molecule has 0 radical (unpaired) electrons. The number of nitrogens with zero attached hydrogens (tertiary/aromatic N) is 6. The predicted octanol–water partition coefficient (Wildman–Crippen LogP) is 10.6. The first kappa shape index (κ1) is 40.7. The minimum absolute atomic E-state index is 0.0107. The topological polar surface area (TPSA) is 184 Å². The number of rotatable bonds is 10. The van der Waals surface area contributed by atoms with Crippen molar-refractivity contribution in [3.8, 4) is 67.3 Å². The quantitative estimate of drug-likeness (QED) is 0.103. The lowest BCUT2D eigenvalue weighted by Crippen LogP contribution is -1.99. The Morgan fingerprint density at radius 2 is 0.938 bits per heavy atom. The zero-order chi connectivity index (χ0) is 44.2. The molecule has 0 aliphatic rings. The number of aromatic amines is 2. The van der Waals surface area contributed by atoms with Crippen LogP contribution in [-0.4, -0.2) is 62.0 Å². The summed E-state index contributed by atoms with van der Waals surface area (Å²) in [6, 6.07) is 39.2. The first-order valence-electron chi connectivity index (χ1n) is 20.5. The van der Waals surface area contributed by atoms with Crippen LogP contribution in [0.5, 0.6) is 0 Å². The van der Waals surface area contributed by atoms with E-state index in [4.69, 9.17) is 20.2 Å². The number of aryl methyl sites for hydroxylation is 2. The largest absolute Gasteiger partial charge is 0.481 e. The summed E-state index contributed by atoms with van der Waals surface area (Å²) in [6.45, 7) is 3.93. The number of aromatic nitrogens is 8. The predicted molar refractivity (Wildman–Crippen MR) is 248 cm³/mol. The van der Waals surface area contributed by atoms with Crippen LogP contribution in [0.1, 0.15) is 22.5 Å². The van der Waals surface area contributed by atoms with Crippen molar-refractivity contribution in [1.82, 2.24) is 39.9 Å². The molecule has 10 aromatic rings. The number of fused-ring (bicyclic) bond motifs is 2. The number of carbonyl (C=O) groups is 2. The molecule has 0 aliphatic carbocycles. The van der Waals surface area contributed by atoms with Crippen molar-refractivity contribution >= 4 is 34.0 Å². The molecule has 0 bridgehead atoms. The molecule has 12 nitrogen and oxygen atoms in total. The Labute approximate surface area is 367 Å². The molecule has 0 atom stereocenters. The molecule has 0 saturated heterocycles. The van der Waals surface area contributed by atoms with Crippen LogP contribution >= 0.6 is 0 Å². The van der Waals surface area contributed by atoms with Crippen LogP contribution in [0, 0.1) is 13.8 Å². The minimum atomic E-state index is -0.849. The van der Waals surface area contributed by atoms with E-state index in [9.17, 15) is 9.59 Å². The Morgan fingerprint density at radius 1 is 0.453 bits per heavy atom. The molecule has 8 aromatic heterocycles. The highest BCUT2D eigenvalue weighted by Crippen LogP contribution is 2.35. The molecule has 0 fully saturated rings. The van der Waals surface area contributed by atoms with E-state index in [2.05, 4.69) is 48.1 Å². The normalized spacial score (nSPS) is 11.0. The van der Waals surface area contributed by atoms with Gasteiger partial charge in [0.25, 0.3) is 0 Å². The SMILES string of the molecule is Cc1cccc(-c2cc(-c3cncc(-c4ccc(CC(=O)O)cc4)c3)c3cc[nH]c3n2)n1.Cc1cccc(-c2cc(-c3cncc(-c4cccc(CC(=O)O)c4)c3)c3cc[nH]c3n2)n1. The fraction of sp³-hybridized carbons (Fsp3) is 0.0769. The van der Waals surface area contributed by atoms with Gasteiger partial charge in [-0.1, -0.05) is 60.7 Å². The summed E-state index contributed by atoms with van der Waals surface area (Å²) in [4.78, 5) is 56.2. The number of nitrogens with one attached hydrogen (secondary N) is 2. The molecule has 64 heavy (non-hydrogen) atoms. The summed E-state index contributed by atoms with van der Waals surface area (Å²) in [6.07, 6.45) is 11.0. The number of carboxylic acid groups (broad SMARTS) is 2. The van der Waals surface area contributed by atoms with Crippen LogP contribution in [0.15, 0.2) is 159 Å².